The number of allylic oxidation sites excluding steroid dienone is 2. The number of nitrogens with zero attached hydrogens (tertiary/aromatic N) is 3. The van der Waals surface area contributed by atoms with Crippen molar-refractivity contribution in [1.29, 1.82) is 0 Å². The molecule has 0 saturated heterocycles. The van der Waals surface area contributed by atoms with Crippen LogP contribution in [-0.4, -0.2) is 41.9 Å². The topological polar surface area (TPSA) is 87.5 Å². The average Bonchev–Trinajstić information content (AvgIpc) is 3.13. The van der Waals surface area contributed by atoms with Crippen LogP contribution in [0.4, 0.5) is 5.95 Å². The molecule has 1 aliphatic carbocycles. The molecule has 8 nitrogen and oxygen atoms in total. The molecule has 2 heterocycles. The van der Waals surface area contributed by atoms with Gasteiger partial charge in [0, 0.05) is 23.3 Å². The summed E-state index contributed by atoms with van der Waals surface area (Å²) in [6.45, 7) is 0. The third kappa shape index (κ3) is 2.33. The number of hydrogen-bond donors (Lipinski definition) is 1. The molecular formula is C18H20N4O4. The van der Waals surface area contributed by atoms with E-state index in [-0.39, 0.29) is 5.78 Å². The van der Waals surface area contributed by atoms with Gasteiger partial charge in [-0.25, -0.2) is 4.68 Å². The molecule has 4 rings (SSSR count). The first-order chi connectivity index (χ1) is 12.7. The minimum Gasteiger partial charge on any atom is -0.493 e. The zero-order chi connectivity index (χ0) is 18.3. The SMILES string of the molecule is COc1ccc(C2C3=C(CCCC3=O)Nc3ncnn32)c(OC)c1OC. The summed E-state index contributed by atoms with van der Waals surface area (Å²) in [5, 5.41) is 7.59. The lowest BCUT2D eigenvalue weighted by Crippen LogP contribution is -2.31. The van der Waals surface area contributed by atoms with Crippen molar-refractivity contribution < 1.29 is 19.0 Å². The fourth-order valence-electron chi connectivity index (χ4n) is 3.72. The van der Waals surface area contributed by atoms with Crippen molar-refractivity contribution >= 4 is 11.7 Å². The molecule has 2 aliphatic rings. The van der Waals surface area contributed by atoms with Crippen LogP contribution >= 0.6 is 0 Å². The Morgan fingerprint density at radius 3 is 2.65 bits per heavy atom. The van der Waals surface area contributed by atoms with Gasteiger partial charge in [0.25, 0.3) is 0 Å². The second-order valence-electron chi connectivity index (χ2n) is 6.15. The van der Waals surface area contributed by atoms with Crippen LogP contribution in [0, 0.1) is 0 Å². The second kappa shape index (κ2) is 6.36. The first-order valence-corrected chi connectivity index (χ1v) is 8.41. The van der Waals surface area contributed by atoms with Crippen LogP contribution in [0.5, 0.6) is 17.2 Å². The van der Waals surface area contributed by atoms with Crippen LogP contribution < -0.4 is 19.5 Å². The van der Waals surface area contributed by atoms with Gasteiger partial charge >= 0.3 is 0 Å². The summed E-state index contributed by atoms with van der Waals surface area (Å²) < 4.78 is 18.2. The number of ketones is 1. The molecule has 136 valence electrons. The molecule has 1 aromatic heterocycles. The minimum absolute atomic E-state index is 0.113. The first-order valence-electron chi connectivity index (χ1n) is 8.41. The maximum atomic E-state index is 12.8. The minimum atomic E-state index is -0.425. The molecule has 0 fully saturated rings. The number of methoxy groups -OCH3 is 3. The fraction of sp³-hybridized carbons (Fsp3) is 0.389. The molecule has 0 saturated carbocycles. The molecule has 1 unspecified atom stereocenters. The van der Waals surface area contributed by atoms with Crippen molar-refractivity contribution in [2.45, 2.75) is 25.3 Å². The van der Waals surface area contributed by atoms with E-state index < -0.39 is 6.04 Å². The van der Waals surface area contributed by atoms with Crippen LogP contribution in [0.25, 0.3) is 0 Å². The normalized spacial score (nSPS) is 18.7. The van der Waals surface area contributed by atoms with Crippen molar-refractivity contribution in [3.05, 3.63) is 35.3 Å². The number of fused-ring (bicyclic) bond motifs is 1. The van der Waals surface area contributed by atoms with Gasteiger partial charge in [-0.2, -0.15) is 10.1 Å². The number of ether oxygens (including phenoxy) is 3. The Labute approximate surface area is 150 Å². The highest BCUT2D eigenvalue weighted by Crippen LogP contribution is 2.47. The largest absolute Gasteiger partial charge is 0.493 e. The van der Waals surface area contributed by atoms with Crippen LogP contribution in [0.15, 0.2) is 29.7 Å². The molecule has 1 aromatic carbocycles. The maximum absolute atomic E-state index is 12.8. The standard InChI is InChI=1S/C18H20N4O4/c1-24-13-8-7-10(16(25-2)17(13)26-3)15-14-11(5-4-6-12(14)23)21-18-19-9-20-22(15)18/h7-9,15H,4-6H2,1-3H3,(H,19,20,21). The molecule has 2 aromatic rings. The van der Waals surface area contributed by atoms with Crippen molar-refractivity contribution in [1.82, 2.24) is 14.8 Å². The molecule has 26 heavy (non-hydrogen) atoms. The van der Waals surface area contributed by atoms with Gasteiger partial charge in [-0.15, -0.1) is 0 Å². The van der Waals surface area contributed by atoms with E-state index in [2.05, 4.69) is 15.4 Å². The molecule has 8 heteroatoms. The Morgan fingerprint density at radius 1 is 1.12 bits per heavy atom. The monoisotopic (exact) mass is 356 g/mol. The Morgan fingerprint density at radius 2 is 1.92 bits per heavy atom. The number of hydrogen-bond acceptors (Lipinski definition) is 7. The zero-order valence-electron chi connectivity index (χ0n) is 14.9. The fourth-order valence-corrected chi connectivity index (χ4v) is 3.72. The zero-order valence-corrected chi connectivity index (χ0v) is 14.9. The lowest BCUT2D eigenvalue weighted by Gasteiger charge is -2.33. The predicted molar refractivity (Wildman–Crippen MR) is 93.8 cm³/mol. The van der Waals surface area contributed by atoms with Gasteiger partial charge in [-0.3, -0.25) is 4.79 Å². The van der Waals surface area contributed by atoms with Crippen molar-refractivity contribution in [3.63, 3.8) is 0 Å². The van der Waals surface area contributed by atoms with E-state index in [0.29, 0.717) is 35.2 Å². The van der Waals surface area contributed by atoms with Crippen LogP contribution in [0.2, 0.25) is 0 Å². The Hall–Kier alpha value is -3.03. The van der Waals surface area contributed by atoms with E-state index in [1.165, 1.54) is 6.33 Å². The van der Waals surface area contributed by atoms with Gasteiger partial charge in [0.1, 0.15) is 12.4 Å². The summed E-state index contributed by atoms with van der Waals surface area (Å²) in [5.41, 5.74) is 2.39. The van der Waals surface area contributed by atoms with Gasteiger partial charge in [0.2, 0.25) is 11.7 Å². The Balaban J connectivity index is 1.97. The van der Waals surface area contributed by atoms with Gasteiger partial charge in [0.05, 0.1) is 21.3 Å². The summed E-state index contributed by atoms with van der Waals surface area (Å²) >= 11 is 0. The lowest BCUT2D eigenvalue weighted by molar-refractivity contribution is -0.116. The summed E-state index contributed by atoms with van der Waals surface area (Å²) in [7, 11) is 4.70. The number of Topliss-reactive ketones (excluding diaryl/α,β-unsaturated/α-hetero) is 1. The molecule has 0 spiro atoms. The van der Waals surface area contributed by atoms with Crippen LogP contribution in [-0.2, 0) is 4.79 Å². The lowest BCUT2D eigenvalue weighted by atomic mass is 9.85. The van der Waals surface area contributed by atoms with Crippen molar-refractivity contribution in [2.75, 3.05) is 26.6 Å². The smallest absolute Gasteiger partial charge is 0.226 e. The number of benzene rings is 1. The van der Waals surface area contributed by atoms with E-state index in [0.717, 1.165) is 24.1 Å². The molecule has 1 N–H and O–H groups in total. The summed E-state index contributed by atoms with van der Waals surface area (Å²) in [5.74, 6) is 2.29. The number of rotatable bonds is 4. The van der Waals surface area contributed by atoms with Gasteiger partial charge in [0.15, 0.2) is 17.3 Å². The quantitative estimate of drug-likeness (QED) is 0.899. The summed E-state index contributed by atoms with van der Waals surface area (Å²) in [6, 6.07) is 3.27. The van der Waals surface area contributed by atoms with Crippen LogP contribution in [0.1, 0.15) is 30.9 Å². The molecule has 1 atom stereocenters. The third-order valence-electron chi connectivity index (χ3n) is 4.84. The highest BCUT2D eigenvalue weighted by atomic mass is 16.5. The van der Waals surface area contributed by atoms with Gasteiger partial charge < -0.3 is 19.5 Å². The van der Waals surface area contributed by atoms with Crippen LogP contribution in [0.3, 0.4) is 0 Å². The number of nitrogens with one attached hydrogen (secondary N) is 1. The first kappa shape index (κ1) is 16.4. The highest BCUT2D eigenvalue weighted by molar-refractivity contribution is 5.99. The number of carbonyl (C=O) groups is 1. The number of anilines is 1. The van der Waals surface area contributed by atoms with E-state index in [1.54, 1.807) is 26.0 Å². The molecular weight excluding hydrogens is 336 g/mol. The van der Waals surface area contributed by atoms with E-state index in [4.69, 9.17) is 14.2 Å². The Kier molecular flexibility index (Phi) is 4.02. The van der Waals surface area contributed by atoms with Gasteiger partial charge in [-0.1, -0.05) is 0 Å². The predicted octanol–water partition coefficient (Wildman–Crippen LogP) is 2.33. The maximum Gasteiger partial charge on any atom is 0.226 e. The van der Waals surface area contributed by atoms with E-state index >= 15 is 0 Å². The number of carbonyl (C=O) groups excluding carboxylic acids is 1. The second-order valence-corrected chi connectivity index (χ2v) is 6.15. The summed E-state index contributed by atoms with van der Waals surface area (Å²) in [6.07, 6.45) is 3.64. The molecule has 1 aliphatic heterocycles. The van der Waals surface area contributed by atoms with Crippen molar-refractivity contribution in [3.8, 4) is 17.2 Å². The van der Waals surface area contributed by atoms with E-state index in [9.17, 15) is 4.79 Å². The highest BCUT2D eigenvalue weighted by Gasteiger charge is 2.38. The Bertz CT molecular complexity index is 903. The van der Waals surface area contributed by atoms with Gasteiger partial charge in [-0.05, 0) is 25.0 Å². The average molecular weight is 356 g/mol. The summed E-state index contributed by atoms with van der Waals surface area (Å²) in [4.78, 5) is 17.0. The van der Waals surface area contributed by atoms with E-state index in [1.807, 2.05) is 12.1 Å². The molecule has 0 bridgehead atoms. The third-order valence-corrected chi connectivity index (χ3v) is 4.84. The molecule has 0 amide bonds. The number of aromatic nitrogens is 3. The van der Waals surface area contributed by atoms with Crippen molar-refractivity contribution in [2.24, 2.45) is 0 Å². The molecule has 0 radical (unpaired) electrons.